The predicted octanol–water partition coefficient (Wildman–Crippen LogP) is 3.41. The van der Waals surface area contributed by atoms with Crippen LogP contribution in [0.1, 0.15) is 11.1 Å². The zero-order valence-corrected chi connectivity index (χ0v) is 14.9. The van der Waals surface area contributed by atoms with Crippen molar-refractivity contribution >= 4 is 17.7 Å². The molecule has 3 aromatic rings. The van der Waals surface area contributed by atoms with Gasteiger partial charge in [0.2, 0.25) is 5.91 Å². The zero-order valence-electron chi connectivity index (χ0n) is 14.9. The number of rotatable bonds is 6. The van der Waals surface area contributed by atoms with Gasteiger partial charge < -0.3 is 10.4 Å². The lowest BCUT2D eigenvalue weighted by atomic mass is 10.1. The number of aliphatic hydroxyl groups excluding tert-OH is 1. The van der Waals surface area contributed by atoms with Gasteiger partial charge >= 0.3 is 0 Å². The van der Waals surface area contributed by atoms with Crippen molar-refractivity contribution in [3.05, 3.63) is 77.7 Å². The van der Waals surface area contributed by atoms with Crippen LogP contribution in [0.5, 0.6) is 0 Å². The second-order valence-corrected chi connectivity index (χ2v) is 6.07. The largest absolute Gasteiger partial charge is 0.396 e. The molecule has 6 heteroatoms. The molecule has 138 valence electrons. The van der Waals surface area contributed by atoms with Crippen LogP contribution < -0.4 is 5.32 Å². The highest BCUT2D eigenvalue weighted by Gasteiger charge is 2.09. The first-order valence-electron chi connectivity index (χ1n) is 8.53. The van der Waals surface area contributed by atoms with Gasteiger partial charge in [-0.15, -0.1) is 0 Å². The van der Waals surface area contributed by atoms with Crippen LogP contribution in [-0.2, 0) is 18.3 Å². The van der Waals surface area contributed by atoms with Gasteiger partial charge in [0, 0.05) is 36.5 Å². The number of amides is 1. The summed E-state index contributed by atoms with van der Waals surface area (Å²) in [4.78, 5) is 12.2. The molecule has 0 bridgehead atoms. The third kappa shape index (κ3) is 4.68. The van der Waals surface area contributed by atoms with E-state index in [2.05, 4.69) is 10.4 Å². The van der Waals surface area contributed by atoms with E-state index >= 15 is 0 Å². The SMILES string of the molecule is Cn1ncc(C=CC(=O)Nc2ccc(CCO)cc2)c1-c1ccc(F)cc1. The smallest absolute Gasteiger partial charge is 0.248 e. The molecule has 27 heavy (non-hydrogen) atoms. The molecule has 0 aliphatic heterocycles. The van der Waals surface area contributed by atoms with Gasteiger partial charge in [-0.2, -0.15) is 5.10 Å². The van der Waals surface area contributed by atoms with E-state index in [0.717, 1.165) is 22.4 Å². The zero-order chi connectivity index (χ0) is 19.2. The van der Waals surface area contributed by atoms with Gasteiger partial charge in [0.05, 0.1) is 11.9 Å². The molecule has 5 nitrogen and oxygen atoms in total. The Bertz CT molecular complexity index is 945. The third-order valence-electron chi connectivity index (χ3n) is 4.12. The molecular formula is C21H20FN3O2. The van der Waals surface area contributed by atoms with Gasteiger partial charge in [-0.05, 0) is 54.5 Å². The van der Waals surface area contributed by atoms with E-state index < -0.39 is 0 Å². The Kier molecular flexibility index (Phi) is 5.78. The molecule has 2 N–H and O–H groups in total. The Labute approximate surface area is 156 Å². The first kappa shape index (κ1) is 18.5. The van der Waals surface area contributed by atoms with Gasteiger partial charge in [0.25, 0.3) is 0 Å². The topological polar surface area (TPSA) is 67.2 Å². The van der Waals surface area contributed by atoms with E-state index in [1.54, 1.807) is 48.3 Å². The number of benzene rings is 2. The maximum absolute atomic E-state index is 13.2. The number of carbonyl (C=O) groups is 1. The number of anilines is 1. The molecule has 0 atom stereocenters. The lowest BCUT2D eigenvalue weighted by Crippen LogP contribution is -2.07. The quantitative estimate of drug-likeness (QED) is 0.658. The Morgan fingerprint density at radius 3 is 2.56 bits per heavy atom. The summed E-state index contributed by atoms with van der Waals surface area (Å²) in [5.74, 6) is -0.568. The maximum atomic E-state index is 13.2. The van der Waals surface area contributed by atoms with Crippen molar-refractivity contribution in [2.45, 2.75) is 6.42 Å². The van der Waals surface area contributed by atoms with Crippen molar-refractivity contribution in [2.75, 3.05) is 11.9 Å². The number of aliphatic hydroxyl groups is 1. The van der Waals surface area contributed by atoms with Crippen LogP contribution in [0.15, 0.2) is 60.8 Å². The first-order chi connectivity index (χ1) is 13.1. The standard InChI is InChI=1S/C21H20FN3O2/c1-25-21(16-4-7-18(22)8-5-16)17(14-23-25)6-11-20(27)24-19-9-2-15(3-10-19)12-13-26/h2-11,14,26H,12-13H2,1H3,(H,24,27). The Hall–Kier alpha value is -3.25. The average Bonchev–Trinajstić information content (AvgIpc) is 3.03. The average molecular weight is 365 g/mol. The highest BCUT2D eigenvalue weighted by atomic mass is 19.1. The second kappa shape index (κ2) is 8.42. The number of aromatic nitrogens is 2. The molecule has 0 fully saturated rings. The summed E-state index contributed by atoms with van der Waals surface area (Å²) in [6.07, 6.45) is 5.36. The van der Waals surface area contributed by atoms with Crippen molar-refractivity contribution in [2.24, 2.45) is 7.05 Å². The van der Waals surface area contributed by atoms with E-state index in [-0.39, 0.29) is 18.3 Å². The summed E-state index contributed by atoms with van der Waals surface area (Å²) < 4.78 is 14.8. The van der Waals surface area contributed by atoms with Crippen molar-refractivity contribution < 1.29 is 14.3 Å². The maximum Gasteiger partial charge on any atom is 0.248 e. The summed E-state index contributed by atoms with van der Waals surface area (Å²) in [6, 6.07) is 13.5. The van der Waals surface area contributed by atoms with Crippen LogP contribution in [0.4, 0.5) is 10.1 Å². The van der Waals surface area contributed by atoms with Crippen LogP contribution >= 0.6 is 0 Å². The minimum absolute atomic E-state index is 0.0932. The van der Waals surface area contributed by atoms with Gasteiger partial charge in [-0.3, -0.25) is 9.48 Å². The molecule has 3 rings (SSSR count). The molecule has 0 unspecified atom stereocenters. The first-order valence-corrected chi connectivity index (χ1v) is 8.53. The molecular weight excluding hydrogens is 345 g/mol. The minimum Gasteiger partial charge on any atom is -0.396 e. The van der Waals surface area contributed by atoms with Gasteiger partial charge in [-0.25, -0.2) is 4.39 Å². The van der Waals surface area contributed by atoms with Crippen molar-refractivity contribution in [3.8, 4) is 11.3 Å². The van der Waals surface area contributed by atoms with Crippen molar-refractivity contribution in [3.63, 3.8) is 0 Å². The van der Waals surface area contributed by atoms with Crippen LogP contribution in [0.3, 0.4) is 0 Å². The van der Waals surface area contributed by atoms with E-state index in [1.807, 2.05) is 12.1 Å². The third-order valence-corrected chi connectivity index (χ3v) is 4.12. The number of nitrogens with one attached hydrogen (secondary N) is 1. The Morgan fingerprint density at radius 2 is 1.89 bits per heavy atom. The lowest BCUT2D eigenvalue weighted by Gasteiger charge is -2.05. The molecule has 0 aliphatic rings. The number of hydrogen-bond donors (Lipinski definition) is 2. The second-order valence-electron chi connectivity index (χ2n) is 6.07. The Morgan fingerprint density at radius 1 is 1.19 bits per heavy atom. The van der Waals surface area contributed by atoms with Crippen molar-refractivity contribution in [1.82, 2.24) is 9.78 Å². The fourth-order valence-electron chi connectivity index (χ4n) is 2.77. The predicted molar refractivity (Wildman–Crippen MR) is 103 cm³/mol. The molecule has 0 saturated heterocycles. The number of halogens is 1. The van der Waals surface area contributed by atoms with E-state index in [1.165, 1.54) is 18.2 Å². The van der Waals surface area contributed by atoms with E-state index in [9.17, 15) is 9.18 Å². The summed E-state index contributed by atoms with van der Waals surface area (Å²) >= 11 is 0. The molecule has 2 aromatic carbocycles. The van der Waals surface area contributed by atoms with E-state index in [4.69, 9.17) is 5.11 Å². The van der Waals surface area contributed by atoms with Gasteiger partial charge in [-0.1, -0.05) is 12.1 Å². The summed E-state index contributed by atoms with van der Waals surface area (Å²) in [5.41, 5.74) is 4.06. The molecule has 1 amide bonds. The Balaban J connectivity index is 1.72. The summed E-state index contributed by atoms with van der Waals surface area (Å²) in [6.45, 7) is 0.0932. The van der Waals surface area contributed by atoms with E-state index in [0.29, 0.717) is 12.1 Å². The molecule has 0 radical (unpaired) electrons. The molecule has 1 aromatic heterocycles. The number of carbonyl (C=O) groups excluding carboxylic acids is 1. The van der Waals surface area contributed by atoms with Crippen molar-refractivity contribution in [1.29, 1.82) is 0 Å². The van der Waals surface area contributed by atoms with Crippen LogP contribution in [-0.4, -0.2) is 27.4 Å². The number of nitrogens with zero attached hydrogens (tertiary/aromatic N) is 2. The fraction of sp³-hybridized carbons (Fsp3) is 0.143. The van der Waals surface area contributed by atoms with Crippen LogP contribution in [0.25, 0.3) is 17.3 Å². The number of aryl methyl sites for hydroxylation is 1. The lowest BCUT2D eigenvalue weighted by molar-refractivity contribution is -0.111. The summed E-state index contributed by atoms with van der Waals surface area (Å²) in [7, 11) is 1.80. The molecule has 0 spiro atoms. The normalized spacial score (nSPS) is 11.1. The fourth-order valence-corrected chi connectivity index (χ4v) is 2.77. The minimum atomic E-state index is -0.303. The molecule has 0 aliphatic carbocycles. The molecule has 0 saturated carbocycles. The highest BCUT2D eigenvalue weighted by Crippen LogP contribution is 2.24. The van der Waals surface area contributed by atoms with Gasteiger partial charge in [0.15, 0.2) is 0 Å². The number of hydrogen-bond acceptors (Lipinski definition) is 3. The van der Waals surface area contributed by atoms with Crippen LogP contribution in [0.2, 0.25) is 0 Å². The monoisotopic (exact) mass is 365 g/mol. The summed E-state index contributed by atoms with van der Waals surface area (Å²) in [5, 5.41) is 15.9. The van der Waals surface area contributed by atoms with Crippen LogP contribution in [0, 0.1) is 5.82 Å². The highest BCUT2D eigenvalue weighted by molar-refractivity contribution is 6.02. The molecule has 1 heterocycles. The van der Waals surface area contributed by atoms with Gasteiger partial charge in [0.1, 0.15) is 5.82 Å².